The van der Waals surface area contributed by atoms with E-state index in [2.05, 4.69) is 10.2 Å². The van der Waals surface area contributed by atoms with Crippen LogP contribution in [0.1, 0.15) is 19.3 Å². The molecule has 0 unspecified atom stereocenters. The zero-order valence-corrected chi connectivity index (χ0v) is 13.8. The molecule has 1 aliphatic heterocycles. The van der Waals surface area contributed by atoms with Crippen molar-refractivity contribution in [3.05, 3.63) is 44.7 Å². The molecule has 1 fully saturated rings. The lowest BCUT2D eigenvalue weighted by Crippen LogP contribution is -2.34. The molecular formula is C17H22N4O3. The summed E-state index contributed by atoms with van der Waals surface area (Å²) in [7, 11) is 1.56. The summed E-state index contributed by atoms with van der Waals surface area (Å²) in [6.45, 7) is 3.54. The van der Waals surface area contributed by atoms with Gasteiger partial charge in [-0.15, -0.1) is 0 Å². The molecular weight excluding hydrogens is 308 g/mol. The molecule has 1 saturated heterocycles. The zero-order valence-electron chi connectivity index (χ0n) is 13.8. The standard InChI is InChI=1S/C17H22N4O3/c1-19-14-8-4-3-7-13(14)15(16(17(19)22)21(23)24)18-9-12-20-10-5-2-6-11-20/h3-4,7-8,18H,2,5-6,9-12H2,1H3. The average molecular weight is 330 g/mol. The normalized spacial score (nSPS) is 15.5. The minimum Gasteiger partial charge on any atom is -0.377 e. The Kier molecular flexibility index (Phi) is 4.80. The third kappa shape index (κ3) is 3.12. The molecule has 1 aliphatic rings. The largest absolute Gasteiger partial charge is 0.377 e. The lowest BCUT2D eigenvalue weighted by Gasteiger charge is -2.26. The van der Waals surface area contributed by atoms with Crippen LogP contribution in [0.15, 0.2) is 29.1 Å². The second kappa shape index (κ2) is 7.00. The van der Waals surface area contributed by atoms with Crippen molar-refractivity contribution in [1.82, 2.24) is 9.47 Å². The molecule has 2 heterocycles. The number of likely N-dealkylation sites (tertiary alicyclic amines) is 1. The van der Waals surface area contributed by atoms with E-state index < -0.39 is 10.5 Å². The summed E-state index contributed by atoms with van der Waals surface area (Å²) in [5.41, 5.74) is 0.0540. The first kappa shape index (κ1) is 16.4. The van der Waals surface area contributed by atoms with E-state index in [0.29, 0.717) is 23.1 Å². The molecule has 0 amide bonds. The summed E-state index contributed by atoms with van der Waals surface area (Å²) in [6, 6.07) is 7.26. The molecule has 1 aromatic heterocycles. The second-order valence-corrected chi connectivity index (χ2v) is 6.19. The monoisotopic (exact) mass is 330 g/mol. The van der Waals surface area contributed by atoms with Crippen LogP contribution in [0.4, 0.5) is 11.4 Å². The van der Waals surface area contributed by atoms with Crippen LogP contribution < -0.4 is 10.9 Å². The van der Waals surface area contributed by atoms with Crippen molar-refractivity contribution < 1.29 is 4.92 Å². The maximum absolute atomic E-state index is 12.4. The molecule has 2 aromatic rings. The van der Waals surface area contributed by atoms with Crippen molar-refractivity contribution in [2.45, 2.75) is 19.3 Å². The number of pyridine rings is 1. The number of nitro groups is 1. The van der Waals surface area contributed by atoms with Gasteiger partial charge in [-0.25, -0.2) is 0 Å². The fourth-order valence-electron chi connectivity index (χ4n) is 3.35. The first-order valence-electron chi connectivity index (χ1n) is 8.32. The molecule has 1 N–H and O–H groups in total. The number of rotatable bonds is 5. The smallest absolute Gasteiger partial charge is 0.357 e. The second-order valence-electron chi connectivity index (χ2n) is 6.19. The molecule has 7 heteroatoms. The van der Waals surface area contributed by atoms with E-state index in [9.17, 15) is 14.9 Å². The molecule has 0 spiro atoms. The molecule has 24 heavy (non-hydrogen) atoms. The van der Waals surface area contributed by atoms with Crippen molar-refractivity contribution in [3.8, 4) is 0 Å². The number of fused-ring (bicyclic) bond motifs is 1. The van der Waals surface area contributed by atoms with Gasteiger partial charge in [0.1, 0.15) is 5.69 Å². The molecule has 0 aliphatic carbocycles. The van der Waals surface area contributed by atoms with Gasteiger partial charge in [-0.2, -0.15) is 0 Å². The van der Waals surface area contributed by atoms with Gasteiger partial charge in [0, 0.05) is 25.5 Å². The predicted octanol–water partition coefficient (Wildman–Crippen LogP) is 2.34. The summed E-state index contributed by atoms with van der Waals surface area (Å²) in [5.74, 6) is 0. The number of hydrogen-bond donors (Lipinski definition) is 1. The van der Waals surface area contributed by atoms with E-state index >= 15 is 0 Å². The third-order valence-corrected chi connectivity index (χ3v) is 4.64. The topological polar surface area (TPSA) is 80.4 Å². The van der Waals surface area contributed by atoms with Gasteiger partial charge in [-0.3, -0.25) is 14.9 Å². The third-order valence-electron chi connectivity index (χ3n) is 4.64. The van der Waals surface area contributed by atoms with Crippen LogP contribution in [0, 0.1) is 10.1 Å². The van der Waals surface area contributed by atoms with Gasteiger partial charge >= 0.3 is 11.2 Å². The summed E-state index contributed by atoms with van der Waals surface area (Å²) >= 11 is 0. The highest BCUT2D eigenvalue weighted by Crippen LogP contribution is 2.29. The summed E-state index contributed by atoms with van der Waals surface area (Å²) < 4.78 is 1.34. The van der Waals surface area contributed by atoms with Gasteiger partial charge < -0.3 is 14.8 Å². The molecule has 1 aromatic carbocycles. The van der Waals surface area contributed by atoms with E-state index in [0.717, 1.165) is 19.6 Å². The number of benzene rings is 1. The highest BCUT2D eigenvalue weighted by Gasteiger charge is 2.24. The minimum atomic E-state index is -0.585. The number of hydrogen-bond acceptors (Lipinski definition) is 5. The Labute approximate surface area is 140 Å². The first-order valence-corrected chi connectivity index (χ1v) is 8.32. The zero-order chi connectivity index (χ0) is 17.1. The molecule has 0 saturated carbocycles. The maximum Gasteiger partial charge on any atom is 0.357 e. The first-order chi connectivity index (χ1) is 11.6. The van der Waals surface area contributed by atoms with Gasteiger partial charge in [0.05, 0.1) is 10.4 Å². The van der Waals surface area contributed by atoms with Gasteiger partial charge in [-0.1, -0.05) is 24.6 Å². The lowest BCUT2D eigenvalue weighted by molar-refractivity contribution is -0.385. The van der Waals surface area contributed by atoms with Crippen molar-refractivity contribution in [1.29, 1.82) is 0 Å². The van der Waals surface area contributed by atoms with E-state index in [1.165, 1.54) is 23.8 Å². The van der Waals surface area contributed by atoms with Crippen LogP contribution in [0.2, 0.25) is 0 Å². The van der Waals surface area contributed by atoms with Crippen LogP contribution >= 0.6 is 0 Å². The number of anilines is 1. The summed E-state index contributed by atoms with van der Waals surface area (Å²) in [5, 5.41) is 15.3. The molecule has 7 nitrogen and oxygen atoms in total. The fourth-order valence-corrected chi connectivity index (χ4v) is 3.35. The number of piperidine rings is 1. The Morgan fingerprint density at radius 1 is 1.21 bits per heavy atom. The number of para-hydroxylation sites is 1. The van der Waals surface area contributed by atoms with Gasteiger partial charge in [-0.05, 0) is 32.0 Å². The van der Waals surface area contributed by atoms with Gasteiger partial charge in [0.2, 0.25) is 0 Å². The number of nitrogens with one attached hydrogen (secondary N) is 1. The van der Waals surface area contributed by atoms with Crippen molar-refractivity contribution in [2.24, 2.45) is 7.05 Å². The molecule has 0 bridgehead atoms. The quantitative estimate of drug-likeness (QED) is 0.672. The Bertz CT molecular complexity index is 809. The summed E-state index contributed by atoms with van der Waals surface area (Å²) in [6.07, 6.45) is 3.68. The lowest BCUT2D eigenvalue weighted by atomic mass is 10.1. The van der Waals surface area contributed by atoms with E-state index in [4.69, 9.17) is 0 Å². The Hall–Kier alpha value is -2.41. The van der Waals surface area contributed by atoms with E-state index in [-0.39, 0.29) is 5.69 Å². The highest BCUT2D eigenvalue weighted by atomic mass is 16.6. The number of nitrogens with zero attached hydrogens (tertiary/aromatic N) is 3. The average Bonchev–Trinajstić information content (AvgIpc) is 2.60. The van der Waals surface area contributed by atoms with Crippen LogP contribution in [-0.4, -0.2) is 40.6 Å². The molecule has 128 valence electrons. The summed E-state index contributed by atoms with van der Waals surface area (Å²) in [4.78, 5) is 25.6. The van der Waals surface area contributed by atoms with E-state index in [1.807, 2.05) is 18.2 Å². The van der Waals surface area contributed by atoms with Crippen molar-refractivity contribution in [2.75, 3.05) is 31.5 Å². The fraction of sp³-hybridized carbons (Fsp3) is 0.471. The van der Waals surface area contributed by atoms with Crippen LogP contribution in [0.25, 0.3) is 10.9 Å². The molecule has 3 rings (SSSR count). The predicted molar refractivity (Wildman–Crippen MR) is 94.6 cm³/mol. The maximum atomic E-state index is 12.4. The highest BCUT2D eigenvalue weighted by molar-refractivity contribution is 5.96. The van der Waals surface area contributed by atoms with Crippen LogP contribution in [0.5, 0.6) is 0 Å². The van der Waals surface area contributed by atoms with Gasteiger partial charge in [0.25, 0.3) is 0 Å². The Morgan fingerprint density at radius 3 is 2.62 bits per heavy atom. The van der Waals surface area contributed by atoms with Crippen LogP contribution in [0.3, 0.4) is 0 Å². The number of aromatic nitrogens is 1. The van der Waals surface area contributed by atoms with Crippen molar-refractivity contribution in [3.63, 3.8) is 0 Å². The Balaban J connectivity index is 1.93. The number of aryl methyl sites for hydroxylation is 1. The van der Waals surface area contributed by atoms with Crippen LogP contribution in [-0.2, 0) is 7.05 Å². The molecule has 0 radical (unpaired) electrons. The van der Waals surface area contributed by atoms with Gasteiger partial charge in [0.15, 0.2) is 0 Å². The molecule has 0 atom stereocenters. The SMILES string of the molecule is Cn1c(=O)c([N+](=O)[O-])c(NCCN2CCCCC2)c2ccccc21. The Morgan fingerprint density at radius 2 is 1.92 bits per heavy atom. The minimum absolute atomic E-state index is 0.329. The van der Waals surface area contributed by atoms with E-state index in [1.54, 1.807) is 13.1 Å². The van der Waals surface area contributed by atoms with Crippen molar-refractivity contribution >= 4 is 22.3 Å².